The quantitative estimate of drug-likeness (QED) is 0.0114. The predicted octanol–water partition coefficient (Wildman–Crippen LogP) is 8.19. The van der Waals surface area contributed by atoms with Crippen molar-refractivity contribution in [2.24, 2.45) is 5.92 Å². The van der Waals surface area contributed by atoms with E-state index >= 15 is 0 Å². The van der Waals surface area contributed by atoms with Gasteiger partial charge in [-0.15, -0.1) is 0 Å². The molecule has 0 saturated carbocycles. The average molecular weight is 807 g/mol. The van der Waals surface area contributed by atoms with Crippen molar-refractivity contribution in [3.05, 3.63) is 24.3 Å². The molecule has 0 aromatic rings. The molecular formula is C42H79O12P. The smallest absolute Gasteiger partial charge is 0.463 e. The number of carbonyl (C=O) groups excluding carboxylic acids is 2. The zero-order chi connectivity index (χ0) is 41.0. The molecule has 0 fully saturated rings. The number of phosphoric ester groups is 1. The summed E-state index contributed by atoms with van der Waals surface area (Å²) in [4.78, 5) is 35.0. The number of phosphoric acid groups is 1. The Morgan fingerprint density at radius 3 is 1.71 bits per heavy atom. The minimum Gasteiger partial charge on any atom is -0.463 e. The van der Waals surface area contributed by atoms with Crippen LogP contribution in [-0.2, 0) is 27.9 Å². The standard InChI is InChI=1S/C42H79O12P/c1-3-5-7-9-10-11-12-13-14-15-19-22-26-30-38(45)36(28-24-8-6-4-2)29-25-21-18-16-17-20-23-27-31-41(48)52-34-37(32-43)54-55(50,51)53-35-40(47)42(49)39(46)33-44/h14-15,26,30,36-37,39-40,42-44,46-47,49H,3-13,16-25,27-29,31-35H2,1-2H3,(H,50,51)/b15-14-,30-26-/t36?,37-,39+,40+,42-/m0/s1. The van der Waals surface area contributed by atoms with Crippen molar-refractivity contribution < 1.29 is 58.4 Å². The number of carbonyl (C=O) groups is 2. The van der Waals surface area contributed by atoms with Crippen molar-refractivity contribution in [2.45, 2.75) is 199 Å². The second-order valence-electron chi connectivity index (χ2n) is 14.8. The summed E-state index contributed by atoms with van der Waals surface area (Å²) in [5.74, 6) is -0.129. The van der Waals surface area contributed by atoms with Gasteiger partial charge in [-0.2, -0.15) is 0 Å². The van der Waals surface area contributed by atoms with Gasteiger partial charge in [0.15, 0.2) is 5.78 Å². The molecule has 0 saturated heterocycles. The van der Waals surface area contributed by atoms with Crippen LogP contribution in [0.2, 0.25) is 0 Å². The molecule has 0 heterocycles. The van der Waals surface area contributed by atoms with E-state index in [2.05, 4.69) is 36.6 Å². The highest BCUT2D eigenvalue weighted by atomic mass is 31.2. The molecule has 0 rings (SSSR count). The van der Waals surface area contributed by atoms with Gasteiger partial charge < -0.3 is 35.2 Å². The lowest BCUT2D eigenvalue weighted by atomic mass is 9.90. The van der Waals surface area contributed by atoms with Gasteiger partial charge in [-0.3, -0.25) is 18.6 Å². The molecule has 2 unspecified atom stereocenters. The van der Waals surface area contributed by atoms with Crippen LogP contribution in [0, 0.1) is 5.92 Å². The van der Waals surface area contributed by atoms with Crippen molar-refractivity contribution in [2.75, 3.05) is 26.4 Å². The average Bonchev–Trinajstić information content (AvgIpc) is 3.17. The van der Waals surface area contributed by atoms with Gasteiger partial charge in [0, 0.05) is 12.3 Å². The summed E-state index contributed by atoms with van der Waals surface area (Å²) >= 11 is 0. The highest BCUT2D eigenvalue weighted by Gasteiger charge is 2.31. The molecule has 13 heteroatoms. The first kappa shape index (κ1) is 53.5. The van der Waals surface area contributed by atoms with Gasteiger partial charge in [-0.05, 0) is 51.0 Å². The van der Waals surface area contributed by atoms with Crippen molar-refractivity contribution >= 4 is 19.6 Å². The van der Waals surface area contributed by atoms with Gasteiger partial charge in [0.1, 0.15) is 31.0 Å². The molecule has 0 aliphatic carbocycles. The van der Waals surface area contributed by atoms with Crippen molar-refractivity contribution in [1.82, 2.24) is 0 Å². The molecule has 55 heavy (non-hydrogen) atoms. The number of allylic oxidation sites excluding steroid dienone is 4. The van der Waals surface area contributed by atoms with E-state index in [4.69, 9.17) is 14.4 Å². The molecule has 0 radical (unpaired) electrons. The SMILES string of the molecule is CCCCCCCCC/C=C\CC/C=C\C(=O)C(CCCCCC)CCCCCCCCCCC(=O)OC[C@H](CO)OP(=O)(O)OC[C@@H](O)[C@@H](O)[C@H](O)CO. The molecule has 6 N–H and O–H groups in total. The van der Waals surface area contributed by atoms with E-state index in [1.807, 2.05) is 6.08 Å². The van der Waals surface area contributed by atoms with E-state index in [9.17, 15) is 39.5 Å². The maximum Gasteiger partial charge on any atom is 0.472 e. The van der Waals surface area contributed by atoms with Gasteiger partial charge in [-0.1, -0.05) is 141 Å². The first-order chi connectivity index (χ1) is 26.5. The van der Waals surface area contributed by atoms with E-state index in [0.29, 0.717) is 6.42 Å². The van der Waals surface area contributed by atoms with Crippen LogP contribution in [0.25, 0.3) is 0 Å². The van der Waals surface area contributed by atoms with Crippen molar-refractivity contribution in [3.63, 3.8) is 0 Å². The molecule has 0 aliphatic rings. The molecular weight excluding hydrogens is 727 g/mol. The summed E-state index contributed by atoms with van der Waals surface area (Å²) in [7, 11) is -4.82. The molecule has 0 aliphatic heterocycles. The van der Waals surface area contributed by atoms with Crippen LogP contribution < -0.4 is 0 Å². The minimum atomic E-state index is -4.82. The third-order valence-corrected chi connectivity index (χ3v) is 10.8. The van der Waals surface area contributed by atoms with Crippen LogP contribution in [0.15, 0.2) is 24.3 Å². The van der Waals surface area contributed by atoms with Gasteiger partial charge in [-0.25, -0.2) is 4.57 Å². The van der Waals surface area contributed by atoms with Crippen molar-refractivity contribution in [3.8, 4) is 0 Å². The van der Waals surface area contributed by atoms with E-state index in [-0.39, 0.29) is 18.1 Å². The van der Waals surface area contributed by atoms with Gasteiger partial charge in [0.05, 0.1) is 19.8 Å². The minimum absolute atomic E-state index is 0.120. The first-order valence-electron chi connectivity index (χ1n) is 21.4. The van der Waals surface area contributed by atoms with Crippen LogP contribution >= 0.6 is 7.82 Å². The van der Waals surface area contributed by atoms with Crippen LogP contribution in [0.1, 0.15) is 174 Å². The molecule has 6 atom stereocenters. The third-order valence-electron chi connectivity index (χ3n) is 9.72. The summed E-state index contributed by atoms with van der Waals surface area (Å²) < 4.78 is 26.5. The Labute approximate surface area is 332 Å². The summed E-state index contributed by atoms with van der Waals surface area (Å²) in [6, 6.07) is 0. The summed E-state index contributed by atoms with van der Waals surface area (Å²) in [5.41, 5.74) is 0. The normalized spacial score (nSPS) is 15.9. The summed E-state index contributed by atoms with van der Waals surface area (Å²) in [6.07, 6.45) is 28.8. The maximum atomic E-state index is 13.0. The van der Waals surface area contributed by atoms with Gasteiger partial charge >= 0.3 is 13.8 Å². The topological polar surface area (TPSA) is 200 Å². The Hall–Kier alpha value is -1.47. The predicted molar refractivity (Wildman–Crippen MR) is 217 cm³/mol. The summed E-state index contributed by atoms with van der Waals surface area (Å²) in [6.45, 7) is 1.47. The number of aliphatic hydroxyl groups is 5. The van der Waals surface area contributed by atoms with Crippen LogP contribution in [0.5, 0.6) is 0 Å². The van der Waals surface area contributed by atoms with Gasteiger partial charge in [0.25, 0.3) is 0 Å². The number of unbranched alkanes of at least 4 members (excludes halogenated alkanes) is 18. The monoisotopic (exact) mass is 807 g/mol. The number of ether oxygens (including phenoxy) is 1. The Balaban J connectivity index is 4.20. The summed E-state index contributed by atoms with van der Waals surface area (Å²) in [5, 5.41) is 46.9. The van der Waals surface area contributed by atoms with Crippen LogP contribution in [0.3, 0.4) is 0 Å². The molecule has 324 valence electrons. The zero-order valence-electron chi connectivity index (χ0n) is 34.3. The number of hydrogen-bond donors (Lipinski definition) is 6. The van der Waals surface area contributed by atoms with E-state index in [1.54, 1.807) is 0 Å². The van der Waals surface area contributed by atoms with Crippen LogP contribution in [-0.4, -0.2) is 93.0 Å². The lowest BCUT2D eigenvalue weighted by molar-refractivity contribution is -0.147. The molecule has 0 bridgehead atoms. The largest absolute Gasteiger partial charge is 0.472 e. The molecule has 0 amide bonds. The Bertz CT molecular complexity index is 1020. The first-order valence-corrected chi connectivity index (χ1v) is 22.9. The second kappa shape index (κ2) is 36.8. The van der Waals surface area contributed by atoms with E-state index in [1.165, 1.54) is 64.2 Å². The second-order valence-corrected chi connectivity index (χ2v) is 16.2. The fraction of sp³-hybridized carbons (Fsp3) is 0.857. The lowest BCUT2D eigenvalue weighted by Gasteiger charge is -2.23. The number of esters is 1. The van der Waals surface area contributed by atoms with Crippen LogP contribution in [0.4, 0.5) is 0 Å². The third kappa shape index (κ3) is 32.2. The van der Waals surface area contributed by atoms with Gasteiger partial charge in [0.2, 0.25) is 0 Å². The van der Waals surface area contributed by atoms with E-state index in [0.717, 1.165) is 83.5 Å². The fourth-order valence-corrected chi connectivity index (χ4v) is 7.08. The number of hydrogen-bond acceptors (Lipinski definition) is 11. The highest BCUT2D eigenvalue weighted by Crippen LogP contribution is 2.44. The Morgan fingerprint density at radius 2 is 1.13 bits per heavy atom. The van der Waals surface area contributed by atoms with E-state index < -0.39 is 64.6 Å². The van der Waals surface area contributed by atoms with Crippen molar-refractivity contribution in [1.29, 1.82) is 0 Å². The molecule has 0 aromatic carbocycles. The fourth-order valence-electron chi connectivity index (χ4n) is 6.18. The number of aliphatic hydroxyl groups excluding tert-OH is 5. The lowest BCUT2D eigenvalue weighted by Crippen LogP contribution is -2.41. The Kier molecular flexibility index (Phi) is 35.9. The molecule has 0 aromatic heterocycles. The molecule has 12 nitrogen and oxygen atoms in total. The number of ketones is 1. The Morgan fingerprint density at radius 1 is 0.618 bits per heavy atom. The highest BCUT2D eigenvalue weighted by molar-refractivity contribution is 7.47. The zero-order valence-corrected chi connectivity index (χ0v) is 35.2. The maximum absolute atomic E-state index is 13.0. The number of rotatable bonds is 40. The molecule has 0 spiro atoms.